The largest absolute Gasteiger partial charge is 0.633 e. The van der Waals surface area contributed by atoms with E-state index in [2.05, 4.69) is 0 Å². The van der Waals surface area contributed by atoms with Crippen LogP contribution in [-0.4, -0.2) is 23.8 Å². The van der Waals surface area contributed by atoms with Crippen LogP contribution in [0, 0.1) is 5.21 Å². The van der Waals surface area contributed by atoms with Crippen molar-refractivity contribution in [2.45, 2.75) is 13.0 Å². The van der Waals surface area contributed by atoms with Crippen molar-refractivity contribution >= 4 is 0 Å². The van der Waals surface area contributed by atoms with E-state index in [0.29, 0.717) is 0 Å². The second-order valence-electron chi connectivity index (χ2n) is 3.71. The molecule has 0 bridgehead atoms. The molecule has 0 saturated heterocycles. The van der Waals surface area contributed by atoms with Crippen molar-refractivity contribution < 1.29 is 9.75 Å². The van der Waals surface area contributed by atoms with Gasteiger partial charge in [0.1, 0.15) is 11.8 Å². The third-order valence-electron chi connectivity index (χ3n) is 2.29. The van der Waals surface area contributed by atoms with Gasteiger partial charge in [-0.25, -0.2) is 0 Å². The maximum atomic E-state index is 11.6. The van der Waals surface area contributed by atoms with E-state index in [1.165, 1.54) is 0 Å². The number of aromatic hydroxyl groups is 1. The fraction of sp³-hybridized carbons (Fsp3) is 0.400. The molecule has 1 N–H and O–H groups in total. The number of rotatable bonds is 2. The topological polar surface area (TPSA) is 43.3 Å². The van der Waals surface area contributed by atoms with Gasteiger partial charge in [-0.05, 0) is 19.1 Å². The summed E-state index contributed by atoms with van der Waals surface area (Å²) in [4.78, 5) is 0. The summed E-state index contributed by atoms with van der Waals surface area (Å²) >= 11 is 0. The van der Waals surface area contributed by atoms with Crippen LogP contribution in [0.5, 0.6) is 5.75 Å². The van der Waals surface area contributed by atoms with Crippen molar-refractivity contribution in [1.82, 2.24) is 0 Å². The maximum absolute atomic E-state index is 11.6. The summed E-state index contributed by atoms with van der Waals surface area (Å²) in [5.41, 5.74) is 0.861. The number of benzene rings is 1. The number of phenolic OH excluding ortho intramolecular Hbond substituents is 1. The van der Waals surface area contributed by atoms with Crippen LogP contribution in [0.4, 0.5) is 0 Å². The fourth-order valence-electron chi connectivity index (χ4n) is 1.14. The Balaban J connectivity index is 2.96. The summed E-state index contributed by atoms with van der Waals surface area (Å²) in [6.45, 7) is 1.85. The highest BCUT2D eigenvalue weighted by molar-refractivity contribution is 5.28. The predicted molar refractivity (Wildman–Crippen MR) is 52.0 cm³/mol. The molecule has 0 saturated carbocycles. The molecule has 1 aromatic carbocycles. The molecule has 0 radical (unpaired) electrons. The van der Waals surface area contributed by atoms with Gasteiger partial charge in [0.05, 0.1) is 14.1 Å². The molecule has 0 aliphatic heterocycles. The minimum atomic E-state index is -0.385. The molecule has 3 heteroatoms. The molecule has 0 aliphatic rings. The van der Waals surface area contributed by atoms with Crippen LogP contribution in [0.25, 0.3) is 0 Å². The van der Waals surface area contributed by atoms with Gasteiger partial charge in [0, 0.05) is 5.56 Å². The van der Waals surface area contributed by atoms with Gasteiger partial charge in [-0.3, -0.25) is 0 Å². The average molecular weight is 181 g/mol. The molecule has 1 aromatic rings. The first-order valence-corrected chi connectivity index (χ1v) is 4.25. The Hall–Kier alpha value is -1.06. The zero-order valence-corrected chi connectivity index (χ0v) is 8.19. The Kier molecular flexibility index (Phi) is 2.59. The van der Waals surface area contributed by atoms with E-state index in [4.69, 9.17) is 0 Å². The fourth-order valence-corrected chi connectivity index (χ4v) is 1.14. The molecule has 72 valence electrons. The van der Waals surface area contributed by atoms with Crippen molar-refractivity contribution in [3.8, 4) is 5.75 Å². The molecule has 0 unspecified atom stereocenters. The number of phenols is 1. The van der Waals surface area contributed by atoms with E-state index in [0.717, 1.165) is 5.56 Å². The second-order valence-corrected chi connectivity index (χ2v) is 3.71. The van der Waals surface area contributed by atoms with Crippen LogP contribution in [0.15, 0.2) is 24.3 Å². The highest BCUT2D eigenvalue weighted by Crippen LogP contribution is 2.25. The van der Waals surface area contributed by atoms with E-state index >= 15 is 0 Å². The van der Waals surface area contributed by atoms with Crippen molar-refractivity contribution in [1.29, 1.82) is 0 Å². The van der Waals surface area contributed by atoms with Crippen molar-refractivity contribution in [2.75, 3.05) is 14.1 Å². The Labute approximate surface area is 78.4 Å². The molecule has 13 heavy (non-hydrogen) atoms. The highest BCUT2D eigenvalue weighted by atomic mass is 16.5. The molecule has 3 nitrogen and oxygen atoms in total. The third-order valence-corrected chi connectivity index (χ3v) is 2.29. The summed E-state index contributed by atoms with van der Waals surface area (Å²) < 4.78 is -0.385. The third kappa shape index (κ3) is 2.44. The van der Waals surface area contributed by atoms with Crippen LogP contribution < -0.4 is 0 Å². The monoisotopic (exact) mass is 181 g/mol. The van der Waals surface area contributed by atoms with Gasteiger partial charge in [-0.15, -0.1) is 0 Å². The van der Waals surface area contributed by atoms with Gasteiger partial charge in [-0.2, -0.15) is 0 Å². The van der Waals surface area contributed by atoms with E-state index in [1.807, 2.05) is 13.0 Å². The van der Waals surface area contributed by atoms with Crippen molar-refractivity contribution in [3.63, 3.8) is 0 Å². The Morgan fingerprint density at radius 1 is 1.38 bits per heavy atom. The van der Waals surface area contributed by atoms with Crippen molar-refractivity contribution in [2.24, 2.45) is 0 Å². The lowest BCUT2D eigenvalue weighted by atomic mass is 10.1. The van der Waals surface area contributed by atoms with Gasteiger partial charge in [0.25, 0.3) is 0 Å². The second kappa shape index (κ2) is 3.36. The maximum Gasteiger partial charge on any atom is 0.116 e. The summed E-state index contributed by atoms with van der Waals surface area (Å²) in [5, 5.41) is 20.8. The van der Waals surface area contributed by atoms with Crippen LogP contribution in [-0.2, 0) is 0 Å². The zero-order valence-electron chi connectivity index (χ0n) is 8.19. The van der Waals surface area contributed by atoms with Crippen LogP contribution in [0.2, 0.25) is 0 Å². The van der Waals surface area contributed by atoms with Crippen LogP contribution >= 0.6 is 0 Å². The lowest BCUT2D eigenvalue weighted by Crippen LogP contribution is -2.35. The average Bonchev–Trinajstić information content (AvgIpc) is 2.01. The Morgan fingerprint density at radius 3 is 2.46 bits per heavy atom. The molecule has 0 aromatic heterocycles. The first-order valence-electron chi connectivity index (χ1n) is 4.25. The smallest absolute Gasteiger partial charge is 0.116 e. The summed E-state index contributed by atoms with van der Waals surface area (Å²) in [5.74, 6) is 0.206. The molecular formula is C10H15NO2. The molecule has 0 heterocycles. The molecule has 1 rings (SSSR count). The number of hydrogen-bond donors (Lipinski definition) is 1. The lowest BCUT2D eigenvalue weighted by molar-refractivity contribution is -0.870. The summed E-state index contributed by atoms with van der Waals surface area (Å²) in [7, 11) is 3.18. The van der Waals surface area contributed by atoms with Gasteiger partial charge in [0.15, 0.2) is 0 Å². The number of nitrogens with zero attached hydrogens (tertiary/aromatic N) is 1. The molecular weight excluding hydrogens is 166 g/mol. The van der Waals surface area contributed by atoms with Gasteiger partial charge >= 0.3 is 0 Å². The first kappa shape index (κ1) is 10.0. The number of hydrogen-bond acceptors (Lipinski definition) is 2. The van der Waals surface area contributed by atoms with Gasteiger partial charge in [-0.1, -0.05) is 12.1 Å². The van der Waals surface area contributed by atoms with Crippen molar-refractivity contribution in [3.05, 3.63) is 35.0 Å². The highest BCUT2D eigenvalue weighted by Gasteiger charge is 2.16. The number of quaternary nitrogens is 1. The molecule has 0 amide bonds. The molecule has 1 atom stereocenters. The van der Waals surface area contributed by atoms with Gasteiger partial charge in [0.2, 0.25) is 0 Å². The minimum absolute atomic E-state index is 0.160. The van der Waals surface area contributed by atoms with Crippen LogP contribution in [0.1, 0.15) is 18.5 Å². The quantitative estimate of drug-likeness (QED) is 0.560. The van der Waals surface area contributed by atoms with E-state index in [9.17, 15) is 10.3 Å². The predicted octanol–water partition coefficient (Wildman–Crippen LogP) is 2.03. The zero-order chi connectivity index (χ0) is 10.1. The van der Waals surface area contributed by atoms with Gasteiger partial charge < -0.3 is 15.0 Å². The van der Waals surface area contributed by atoms with Crippen LogP contribution in [0.3, 0.4) is 0 Å². The standard InChI is InChI=1S/C10H15NO2/c1-8(11(2,3)13)9-5-4-6-10(12)7-9/h4-8,12H,1-3H3/t8-/m0/s1. The Morgan fingerprint density at radius 2 is 2.00 bits per heavy atom. The van der Waals surface area contributed by atoms with E-state index in [1.54, 1.807) is 32.3 Å². The minimum Gasteiger partial charge on any atom is -0.633 e. The molecule has 0 aliphatic carbocycles. The SMILES string of the molecule is C[C@@H](c1cccc(O)c1)[N+](C)(C)[O-]. The van der Waals surface area contributed by atoms with E-state index in [-0.39, 0.29) is 16.4 Å². The first-order chi connectivity index (χ1) is 5.91. The normalized spacial score (nSPS) is 14.2. The summed E-state index contributed by atoms with van der Waals surface area (Å²) in [6, 6.07) is 6.66. The molecule has 0 spiro atoms. The lowest BCUT2D eigenvalue weighted by Gasteiger charge is -2.40. The summed E-state index contributed by atoms with van der Waals surface area (Å²) in [6.07, 6.45) is 0. The Bertz CT molecular complexity index is 291. The van der Waals surface area contributed by atoms with E-state index < -0.39 is 0 Å². The number of hydroxylamine groups is 3. The molecule has 0 fully saturated rings.